The average Bonchev–Trinajstić information content (AvgIpc) is 3.37. The SMILES string of the molecule is Cc1cc(Nc2ncc(C)c(N3CC(CC#N)(N4CCN(C)C5CC54)C3)n2)sn1. The van der Waals surface area contributed by atoms with Crippen LogP contribution in [0.1, 0.15) is 24.1 Å². The molecule has 0 bridgehead atoms. The van der Waals surface area contributed by atoms with Gasteiger partial charge in [0, 0.05) is 50.0 Å². The third-order valence-corrected chi connectivity index (χ3v) is 7.28. The highest BCUT2D eigenvalue weighted by atomic mass is 32.1. The molecule has 5 rings (SSSR count). The molecule has 2 aliphatic heterocycles. The van der Waals surface area contributed by atoms with Gasteiger partial charge in [-0.2, -0.15) is 14.6 Å². The van der Waals surface area contributed by atoms with Gasteiger partial charge < -0.3 is 15.1 Å². The number of anilines is 3. The molecular formula is C20H26N8S. The molecule has 9 heteroatoms. The zero-order chi connectivity index (χ0) is 20.2. The number of fused-ring (bicyclic) bond motifs is 1. The van der Waals surface area contributed by atoms with Crippen molar-refractivity contribution in [2.75, 3.05) is 43.4 Å². The van der Waals surface area contributed by atoms with Crippen LogP contribution < -0.4 is 10.2 Å². The number of rotatable bonds is 5. The lowest BCUT2D eigenvalue weighted by Crippen LogP contribution is -2.73. The van der Waals surface area contributed by atoms with Crippen molar-refractivity contribution < 1.29 is 0 Å². The van der Waals surface area contributed by atoms with Crippen LogP contribution in [0.3, 0.4) is 0 Å². The summed E-state index contributed by atoms with van der Waals surface area (Å²) in [4.78, 5) is 16.6. The molecule has 0 spiro atoms. The number of likely N-dealkylation sites (N-methyl/N-ethyl adjacent to an activating group) is 1. The summed E-state index contributed by atoms with van der Waals surface area (Å²) in [5, 5.41) is 13.7. The maximum atomic E-state index is 9.53. The maximum absolute atomic E-state index is 9.53. The van der Waals surface area contributed by atoms with Crippen LogP contribution in [0.15, 0.2) is 12.3 Å². The molecule has 2 saturated heterocycles. The fraction of sp³-hybridized carbons (Fsp3) is 0.600. The molecule has 1 saturated carbocycles. The Morgan fingerprint density at radius 1 is 1.31 bits per heavy atom. The van der Waals surface area contributed by atoms with Gasteiger partial charge in [0.15, 0.2) is 0 Å². The van der Waals surface area contributed by atoms with E-state index in [2.05, 4.69) is 42.5 Å². The lowest BCUT2D eigenvalue weighted by atomic mass is 9.83. The second kappa shape index (κ2) is 6.90. The molecule has 0 radical (unpaired) electrons. The quantitative estimate of drug-likeness (QED) is 0.803. The first kappa shape index (κ1) is 18.7. The van der Waals surface area contributed by atoms with Gasteiger partial charge in [-0.1, -0.05) is 0 Å². The molecule has 4 heterocycles. The second-order valence-electron chi connectivity index (χ2n) is 8.62. The summed E-state index contributed by atoms with van der Waals surface area (Å²) in [5.41, 5.74) is 2.00. The summed E-state index contributed by atoms with van der Waals surface area (Å²) in [6, 6.07) is 5.74. The van der Waals surface area contributed by atoms with Gasteiger partial charge in [-0.05, 0) is 44.9 Å². The van der Waals surface area contributed by atoms with Crippen molar-refractivity contribution in [2.24, 2.45) is 0 Å². The number of aryl methyl sites for hydroxylation is 2. The number of nitrogens with zero attached hydrogens (tertiary/aromatic N) is 7. The Balaban J connectivity index is 1.33. The lowest BCUT2D eigenvalue weighted by Gasteiger charge is -2.57. The first-order valence-corrected chi connectivity index (χ1v) is 10.9. The maximum Gasteiger partial charge on any atom is 0.229 e. The van der Waals surface area contributed by atoms with Crippen molar-refractivity contribution in [3.05, 3.63) is 23.5 Å². The van der Waals surface area contributed by atoms with Crippen molar-refractivity contribution in [3.8, 4) is 6.07 Å². The molecule has 2 aromatic rings. The average molecular weight is 411 g/mol. The summed E-state index contributed by atoms with van der Waals surface area (Å²) in [7, 11) is 2.22. The monoisotopic (exact) mass is 410 g/mol. The molecule has 152 valence electrons. The molecule has 8 nitrogen and oxygen atoms in total. The van der Waals surface area contributed by atoms with Crippen LogP contribution in [0.5, 0.6) is 0 Å². The van der Waals surface area contributed by atoms with Crippen LogP contribution in [-0.2, 0) is 0 Å². The van der Waals surface area contributed by atoms with E-state index < -0.39 is 0 Å². The first-order chi connectivity index (χ1) is 14.0. The molecule has 2 aromatic heterocycles. The minimum absolute atomic E-state index is 0.0464. The molecular weight excluding hydrogens is 384 g/mol. The second-order valence-corrected chi connectivity index (χ2v) is 9.42. The highest BCUT2D eigenvalue weighted by Crippen LogP contribution is 2.45. The predicted molar refractivity (Wildman–Crippen MR) is 114 cm³/mol. The normalized spacial score (nSPS) is 25.8. The van der Waals surface area contributed by atoms with E-state index >= 15 is 0 Å². The smallest absolute Gasteiger partial charge is 0.229 e. The van der Waals surface area contributed by atoms with Crippen molar-refractivity contribution in [1.29, 1.82) is 5.26 Å². The fourth-order valence-electron chi connectivity index (χ4n) is 4.87. The van der Waals surface area contributed by atoms with E-state index in [4.69, 9.17) is 4.98 Å². The van der Waals surface area contributed by atoms with Gasteiger partial charge in [0.05, 0.1) is 23.7 Å². The van der Waals surface area contributed by atoms with E-state index in [1.165, 1.54) is 18.0 Å². The Hall–Kier alpha value is -2.28. The number of nitriles is 1. The van der Waals surface area contributed by atoms with Crippen molar-refractivity contribution in [1.82, 2.24) is 24.1 Å². The molecule has 0 aromatic carbocycles. The van der Waals surface area contributed by atoms with Crippen LogP contribution in [0.25, 0.3) is 0 Å². The largest absolute Gasteiger partial charge is 0.352 e. The third-order valence-electron chi connectivity index (χ3n) is 6.48. The first-order valence-electron chi connectivity index (χ1n) is 10.1. The Kier molecular flexibility index (Phi) is 4.46. The summed E-state index contributed by atoms with van der Waals surface area (Å²) >= 11 is 1.41. The standard InChI is InChI=1S/C20H26N8S/c1-13-10-22-19(23-17-8-14(2)25-29-17)24-18(13)27-11-20(12-27,4-5-21)28-7-6-26(3)15-9-16(15)28/h8,10,15-16H,4,6-7,9,11-12H2,1-3H3,(H,22,23,24). The number of piperazine rings is 1. The van der Waals surface area contributed by atoms with Gasteiger partial charge in [0.1, 0.15) is 10.8 Å². The zero-order valence-electron chi connectivity index (χ0n) is 17.1. The van der Waals surface area contributed by atoms with Crippen molar-refractivity contribution >= 4 is 28.3 Å². The molecule has 2 unspecified atom stereocenters. The summed E-state index contributed by atoms with van der Waals surface area (Å²) in [5.74, 6) is 1.55. The highest BCUT2D eigenvalue weighted by Gasteiger charge is 2.58. The number of nitrogens with one attached hydrogen (secondary N) is 1. The van der Waals surface area contributed by atoms with Gasteiger partial charge in [-0.15, -0.1) is 0 Å². The Labute approximate surface area is 175 Å². The van der Waals surface area contributed by atoms with Crippen LogP contribution >= 0.6 is 11.5 Å². The molecule has 1 N–H and O–H groups in total. The molecule has 0 amide bonds. The van der Waals surface area contributed by atoms with E-state index in [1.807, 2.05) is 26.1 Å². The van der Waals surface area contributed by atoms with Crippen LogP contribution in [0.4, 0.5) is 16.8 Å². The molecule has 3 fully saturated rings. The Morgan fingerprint density at radius 2 is 2.14 bits per heavy atom. The number of aromatic nitrogens is 3. The van der Waals surface area contributed by atoms with Crippen LogP contribution in [0.2, 0.25) is 0 Å². The van der Waals surface area contributed by atoms with E-state index in [0.717, 1.165) is 48.3 Å². The number of hydrogen-bond donors (Lipinski definition) is 1. The fourth-order valence-corrected chi connectivity index (χ4v) is 5.52. The minimum atomic E-state index is -0.0464. The lowest BCUT2D eigenvalue weighted by molar-refractivity contribution is 0.0164. The Bertz CT molecular complexity index is 960. The summed E-state index contributed by atoms with van der Waals surface area (Å²) in [6.45, 7) is 7.86. The zero-order valence-corrected chi connectivity index (χ0v) is 17.9. The van der Waals surface area contributed by atoms with E-state index in [0.29, 0.717) is 24.5 Å². The van der Waals surface area contributed by atoms with Gasteiger partial charge >= 0.3 is 0 Å². The minimum Gasteiger partial charge on any atom is -0.352 e. The molecule has 3 aliphatic rings. The highest BCUT2D eigenvalue weighted by molar-refractivity contribution is 7.10. The van der Waals surface area contributed by atoms with E-state index in [-0.39, 0.29) is 5.54 Å². The van der Waals surface area contributed by atoms with Gasteiger partial charge in [-0.3, -0.25) is 4.90 Å². The van der Waals surface area contributed by atoms with E-state index in [9.17, 15) is 5.26 Å². The Morgan fingerprint density at radius 3 is 2.86 bits per heavy atom. The topological polar surface area (TPSA) is 84.2 Å². The van der Waals surface area contributed by atoms with Crippen molar-refractivity contribution in [3.63, 3.8) is 0 Å². The molecule has 29 heavy (non-hydrogen) atoms. The van der Waals surface area contributed by atoms with Crippen molar-refractivity contribution in [2.45, 2.75) is 44.3 Å². The van der Waals surface area contributed by atoms with Gasteiger partial charge in [0.25, 0.3) is 0 Å². The molecule has 1 aliphatic carbocycles. The van der Waals surface area contributed by atoms with E-state index in [1.54, 1.807) is 0 Å². The summed E-state index contributed by atoms with van der Waals surface area (Å²) < 4.78 is 4.30. The number of hydrogen-bond acceptors (Lipinski definition) is 9. The predicted octanol–water partition coefficient (Wildman–Crippen LogP) is 2.15. The van der Waals surface area contributed by atoms with Crippen LogP contribution in [-0.4, -0.2) is 75.0 Å². The third kappa shape index (κ3) is 3.25. The van der Waals surface area contributed by atoms with Gasteiger partial charge in [-0.25, -0.2) is 4.98 Å². The van der Waals surface area contributed by atoms with Gasteiger partial charge in [0.2, 0.25) is 5.95 Å². The van der Waals surface area contributed by atoms with Crippen LogP contribution in [0, 0.1) is 25.2 Å². The summed E-state index contributed by atoms with van der Waals surface area (Å²) in [6.07, 6.45) is 3.68. The molecule has 2 atom stereocenters.